The molecule has 0 spiro atoms. The van der Waals surface area contributed by atoms with Crippen molar-refractivity contribution in [2.45, 2.75) is 19.0 Å². The van der Waals surface area contributed by atoms with E-state index in [4.69, 9.17) is 9.47 Å². The summed E-state index contributed by atoms with van der Waals surface area (Å²) < 4.78 is 10.1. The van der Waals surface area contributed by atoms with Crippen LogP contribution in [0.5, 0.6) is 5.75 Å². The number of carbonyl (C=O) groups excluding carboxylic acids is 1. The van der Waals surface area contributed by atoms with Crippen LogP contribution in [0.2, 0.25) is 0 Å². The van der Waals surface area contributed by atoms with Gasteiger partial charge in [0.15, 0.2) is 0 Å². The lowest BCUT2D eigenvalue weighted by molar-refractivity contribution is 0.0956. The average molecular weight is 251 g/mol. The van der Waals surface area contributed by atoms with Gasteiger partial charge >= 0.3 is 6.09 Å². The monoisotopic (exact) mass is 251 g/mol. The smallest absolute Gasteiger partial charge is 0.410 e. The zero-order valence-electron chi connectivity index (χ0n) is 10.5. The van der Waals surface area contributed by atoms with E-state index in [0.29, 0.717) is 6.54 Å². The molecule has 1 unspecified atom stereocenters. The third kappa shape index (κ3) is 2.26. The Labute approximate surface area is 106 Å². The van der Waals surface area contributed by atoms with E-state index in [-0.39, 0.29) is 13.2 Å². The van der Waals surface area contributed by atoms with Crippen LogP contribution in [0, 0.1) is 0 Å². The summed E-state index contributed by atoms with van der Waals surface area (Å²) in [6.07, 6.45) is -0.394. The van der Waals surface area contributed by atoms with Crippen molar-refractivity contribution in [1.82, 2.24) is 4.90 Å². The van der Waals surface area contributed by atoms with Crippen LogP contribution in [0.4, 0.5) is 4.79 Å². The van der Waals surface area contributed by atoms with E-state index in [1.54, 1.807) is 18.9 Å². The van der Waals surface area contributed by atoms with E-state index in [9.17, 15) is 9.90 Å². The molecule has 98 valence electrons. The summed E-state index contributed by atoms with van der Waals surface area (Å²) in [5.41, 5.74) is 0.285. The Hall–Kier alpha value is -1.75. The first-order valence-corrected chi connectivity index (χ1v) is 5.77. The lowest BCUT2D eigenvalue weighted by atomic mass is 10.0. The molecule has 1 aromatic carbocycles. The van der Waals surface area contributed by atoms with Crippen molar-refractivity contribution in [2.75, 3.05) is 20.3 Å². The maximum atomic E-state index is 11.7. The molecule has 1 aromatic rings. The number of benzene rings is 1. The molecule has 5 heteroatoms. The lowest BCUT2D eigenvalue weighted by Gasteiger charge is -2.29. The number of ether oxygens (including phenoxy) is 2. The third-order valence-electron chi connectivity index (χ3n) is 3.19. The highest BCUT2D eigenvalue weighted by Gasteiger charge is 2.43. The Bertz CT molecular complexity index is 448. The van der Waals surface area contributed by atoms with E-state index in [1.807, 2.05) is 24.3 Å². The van der Waals surface area contributed by atoms with Gasteiger partial charge in [0.2, 0.25) is 0 Å². The molecule has 1 atom stereocenters. The minimum atomic E-state index is -0.653. The predicted molar refractivity (Wildman–Crippen MR) is 65.4 cm³/mol. The van der Waals surface area contributed by atoms with Gasteiger partial charge in [-0.25, -0.2) is 4.79 Å². The van der Waals surface area contributed by atoms with Gasteiger partial charge in [0.05, 0.1) is 13.7 Å². The molecule has 1 N–H and O–H groups in total. The van der Waals surface area contributed by atoms with E-state index in [2.05, 4.69) is 0 Å². The topological polar surface area (TPSA) is 59.0 Å². The Morgan fingerprint density at radius 1 is 1.56 bits per heavy atom. The van der Waals surface area contributed by atoms with Gasteiger partial charge in [-0.15, -0.1) is 0 Å². The zero-order valence-corrected chi connectivity index (χ0v) is 10.5. The Balaban J connectivity index is 2.18. The molecular weight excluding hydrogens is 234 g/mol. The largest absolute Gasteiger partial charge is 0.497 e. The van der Waals surface area contributed by atoms with Crippen LogP contribution in [0.3, 0.4) is 0 Å². The molecule has 1 aliphatic rings. The van der Waals surface area contributed by atoms with Gasteiger partial charge in [-0.05, 0) is 24.6 Å². The first-order valence-electron chi connectivity index (χ1n) is 5.77. The van der Waals surface area contributed by atoms with Gasteiger partial charge < -0.3 is 14.6 Å². The van der Waals surface area contributed by atoms with Crippen LogP contribution < -0.4 is 4.74 Å². The van der Waals surface area contributed by atoms with Crippen LogP contribution in [0.15, 0.2) is 24.3 Å². The molecule has 0 radical (unpaired) electrons. The maximum absolute atomic E-state index is 11.7. The summed E-state index contributed by atoms with van der Waals surface area (Å²) in [6.45, 7) is 2.29. The molecule has 0 bridgehead atoms. The van der Waals surface area contributed by atoms with Crippen molar-refractivity contribution >= 4 is 6.09 Å². The van der Waals surface area contributed by atoms with Crippen LogP contribution in [0.1, 0.15) is 12.5 Å². The number of amides is 1. The van der Waals surface area contributed by atoms with Crippen molar-refractivity contribution in [3.05, 3.63) is 29.8 Å². The Morgan fingerprint density at radius 2 is 2.33 bits per heavy atom. The normalized spacial score (nSPS) is 23.1. The minimum absolute atomic E-state index is 0.122. The van der Waals surface area contributed by atoms with Gasteiger partial charge in [-0.2, -0.15) is 0 Å². The summed E-state index contributed by atoms with van der Waals surface area (Å²) in [6, 6.07) is 7.48. The molecular formula is C13H17NO4. The number of nitrogens with zero attached hydrogens (tertiary/aromatic N) is 1. The maximum Gasteiger partial charge on any atom is 0.410 e. The fourth-order valence-electron chi connectivity index (χ4n) is 1.93. The van der Waals surface area contributed by atoms with Crippen LogP contribution >= 0.6 is 0 Å². The van der Waals surface area contributed by atoms with Crippen molar-refractivity contribution in [1.29, 1.82) is 0 Å². The fraction of sp³-hybridized carbons (Fsp3) is 0.462. The number of methoxy groups -OCH3 is 1. The summed E-state index contributed by atoms with van der Waals surface area (Å²) in [5.74, 6) is 0.741. The van der Waals surface area contributed by atoms with Crippen molar-refractivity contribution < 1.29 is 19.4 Å². The summed E-state index contributed by atoms with van der Waals surface area (Å²) >= 11 is 0. The van der Waals surface area contributed by atoms with E-state index >= 15 is 0 Å². The quantitative estimate of drug-likeness (QED) is 0.878. The number of cyclic esters (lactones) is 1. The molecule has 0 aromatic heterocycles. The highest BCUT2D eigenvalue weighted by Crippen LogP contribution is 2.26. The van der Waals surface area contributed by atoms with Crippen molar-refractivity contribution in [3.8, 4) is 5.75 Å². The van der Waals surface area contributed by atoms with Crippen LogP contribution in [0.25, 0.3) is 0 Å². The van der Waals surface area contributed by atoms with Crippen molar-refractivity contribution in [2.24, 2.45) is 0 Å². The second kappa shape index (κ2) is 4.86. The Kier molecular flexibility index (Phi) is 3.43. The van der Waals surface area contributed by atoms with E-state index < -0.39 is 11.6 Å². The number of rotatable bonds is 4. The molecule has 1 aliphatic heterocycles. The molecule has 5 nitrogen and oxygen atoms in total. The second-order valence-electron chi connectivity index (χ2n) is 4.65. The molecule has 18 heavy (non-hydrogen) atoms. The number of carbonyl (C=O) groups is 1. The standard InChI is InChI=1S/C13H17NO4/c1-13(8-15)9-18-12(16)14(13)7-10-4-3-5-11(6-10)17-2/h3-6,15H,7-9H2,1-2H3. The predicted octanol–water partition coefficient (Wildman–Crippen LogP) is 1.40. The first-order chi connectivity index (χ1) is 8.59. The summed E-state index contributed by atoms with van der Waals surface area (Å²) in [7, 11) is 1.60. The SMILES string of the molecule is COc1cccc(CN2C(=O)OCC2(C)CO)c1. The molecule has 1 saturated heterocycles. The average Bonchev–Trinajstić information content (AvgIpc) is 2.68. The highest BCUT2D eigenvalue weighted by atomic mass is 16.6. The lowest BCUT2D eigenvalue weighted by Crippen LogP contribution is -2.47. The molecule has 1 fully saturated rings. The first kappa shape index (κ1) is 12.7. The van der Waals surface area contributed by atoms with Gasteiger partial charge in [0.25, 0.3) is 0 Å². The second-order valence-corrected chi connectivity index (χ2v) is 4.65. The number of aliphatic hydroxyl groups excluding tert-OH is 1. The fourth-order valence-corrected chi connectivity index (χ4v) is 1.93. The van der Waals surface area contributed by atoms with Gasteiger partial charge in [-0.1, -0.05) is 12.1 Å². The van der Waals surface area contributed by atoms with Gasteiger partial charge in [0.1, 0.15) is 17.9 Å². The van der Waals surface area contributed by atoms with Crippen LogP contribution in [-0.2, 0) is 11.3 Å². The molecule has 2 rings (SSSR count). The van der Waals surface area contributed by atoms with Gasteiger partial charge in [-0.3, -0.25) is 4.90 Å². The number of hydrogen-bond donors (Lipinski definition) is 1. The van der Waals surface area contributed by atoms with Gasteiger partial charge in [0, 0.05) is 6.54 Å². The van der Waals surface area contributed by atoms with Crippen LogP contribution in [-0.4, -0.2) is 42.0 Å². The summed E-state index contributed by atoms with van der Waals surface area (Å²) in [5, 5.41) is 9.39. The molecule has 1 amide bonds. The molecule has 1 heterocycles. The summed E-state index contributed by atoms with van der Waals surface area (Å²) in [4.78, 5) is 13.2. The number of hydrogen-bond acceptors (Lipinski definition) is 4. The van der Waals surface area contributed by atoms with E-state index in [1.165, 1.54) is 0 Å². The zero-order chi connectivity index (χ0) is 13.2. The van der Waals surface area contributed by atoms with E-state index in [0.717, 1.165) is 11.3 Å². The molecule has 0 aliphatic carbocycles. The Morgan fingerprint density at radius 3 is 3.00 bits per heavy atom. The van der Waals surface area contributed by atoms with Crippen molar-refractivity contribution in [3.63, 3.8) is 0 Å². The third-order valence-corrected chi connectivity index (χ3v) is 3.19. The highest BCUT2D eigenvalue weighted by molar-refractivity contribution is 5.71. The number of aliphatic hydroxyl groups is 1. The molecule has 0 saturated carbocycles. The minimum Gasteiger partial charge on any atom is -0.497 e.